The highest BCUT2D eigenvalue weighted by molar-refractivity contribution is 7.80. The number of benzene rings is 2. The van der Waals surface area contributed by atoms with Crippen LogP contribution in [0, 0.1) is 5.92 Å². The molecule has 2 aromatic carbocycles. The molecule has 0 bridgehead atoms. The van der Waals surface area contributed by atoms with Gasteiger partial charge in [-0.1, -0.05) is 82.9 Å². The molecule has 1 nitrogen and oxygen atoms in total. The minimum atomic E-state index is -4.54. The van der Waals surface area contributed by atoms with Crippen LogP contribution in [0.4, 0.5) is 13.2 Å². The fraction of sp³-hybridized carbons (Fsp3) is 0.286. The van der Waals surface area contributed by atoms with Gasteiger partial charge in [-0.2, -0.15) is 13.2 Å². The molecule has 0 radical (unpaired) electrons. The quantitative estimate of drug-likeness (QED) is 0.307. The molecule has 3 rings (SSSR count). The molecule has 1 saturated carbocycles. The second kappa shape index (κ2) is 9.66. The summed E-state index contributed by atoms with van der Waals surface area (Å²) in [6.07, 6.45) is 0.0821. The number of halogens is 7. The van der Waals surface area contributed by atoms with Crippen molar-refractivity contribution < 1.29 is 13.2 Å². The van der Waals surface area contributed by atoms with Gasteiger partial charge in [0.05, 0.1) is 26.0 Å². The Balaban J connectivity index is 1.78. The van der Waals surface area contributed by atoms with Gasteiger partial charge in [0.15, 0.2) is 0 Å². The van der Waals surface area contributed by atoms with Crippen molar-refractivity contribution in [3.63, 3.8) is 0 Å². The molecule has 1 fully saturated rings. The van der Waals surface area contributed by atoms with Gasteiger partial charge in [-0.25, -0.2) is 0 Å². The topological polar surface area (TPSA) is 12.0 Å². The van der Waals surface area contributed by atoms with Crippen LogP contribution in [0.25, 0.3) is 6.08 Å². The zero-order valence-electron chi connectivity index (χ0n) is 15.4. The Morgan fingerprint density at radius 2 is 1.70 bits per heavy atom. The van der Waals surface area contributed by atoms with E-state index in [0.717, 1.165) is 29.5 Å². The van der Waals surface area contributed by atoms with E-state index in [1.54, 1.807) is 18.2 Å². The van der Waals surface area contributed by atoms with Gasteiger partial charge in [0.1, 0.15) is 0 Å². The Morgan fingerprint density at radius 3 is 2.23 bits per heavy atom. The van der Waals surface area contributed by atoms with Crippen LogP contribution in [0.1, 0.15) is 35.4 Å². The zero-order valence-corrected chi connectivity index (χ0v) is 19.2. The number of alkyl halides is 3. The maximum absolute atomic E-state index is 13.6. The van der Waals surface area contributed by atoms with Crippen LogP contribution < -0.4 is 5.32 Å². The number of hydrogen-bond donors (Lipinski definition) is 1. The van der Waals surface area contributed by atoms with Gasteiger partial charge < -0.3 is 5.32 Å². The Morgan fingerprint density at radius 1 is 1.07 bits per heavy atom. The van der Waals surface area contributed by atoms with Crippen molar-refractivity contribution in [1.82, 2.24) is 5.32 Å². The molecule has 0 amide bonds. The van der Waals surface area contributed by atoms with Gasteiger partial charge >= 0.3 is 6.18 Å². The first-order valence-electron chi connectivity index (χ1n) is 9.01. The number of allylic oxidation sites excluding steroid dienone is 1. The van der Waals surface area contributed by atoms with Gasteiger partial charge in [0.2, 0.25) is 0 Å². The summed E-state index contributed by atoms with van der Waals surface area (Å²) in [5, 5.41) is 3.57. The molecule has 1 atom stereocenters. The van der Waals surface area contributed by atoms with Crippen LogP contribution in [-0.2, 0) is 6.54 Å². The molecular weight excluding hydrogens is 497 g/mol. The monoisotopic (exact) mass is 511 g/mol. The lowest BCUT2D eigenvalue weighted by atomic mass is 9.97. The Hall–Kier alpha value is -0.980. The molecule has 0 aromatic heterocycles. The summed E-state index contributed by atoms with van der Waals surface area (Å²) in [5.41, 5.74) is 1.26. The smallest absolute Gasteiger partial charge is 0.375 e. The lowest BCUT2D eigenvalue weighted by Crippen LogP contribution is -2.22. The Bertz CT molecular complexity index is 964. The summed E-state index contributed by atoms with van der Waals surface area (Å²) in [7, 11) is 0. The lowest BCUT2D eigenvalue weighted by molar-refractivity contribution is -0.139. The average Bonchev–Trinajstić information content (AvgIpc) is 3.49. The second-order valence-electron chi connectivity index (χ2n) is 7.02. The van der Waals surface area contributed by atoms with Gasteiger partial charge in [-0.15, -0.1) is 0 Å². The highest BCUT2D eigenvalue weighted by Crippen LogP contribution is 2.41. The molecule has 9 heteroatoms. The third-order valence-corrected chi connectivity index (χ3v) is 6.70. The van der Waals surface area contributed by atoms with Crippen molar-refractivity contribution in [3.8, 4) is 0 Å². The molecule has 1 unspecified atom stereocenters. The van der Waals surface area contributed by atoms with E-state index in [-0.39, 0.29) is 20.6 Å². The number of thiocarbonyl (C=S) groups is 1. The van der Waals surface area contributed by atoms with E-state index in [0.29, 0.717) is 23.0 Å². The second-order valence-corrected chi connectivity index (χ2v) is 9.06. The molecule has 0 heterocycles. The van der Waals surface area contributed by atoms with Crippen molar-refractivity contribution in [1.29, 1.82) is 0 Å². The summed E-state index contributed by atoms with van der Waals surface area (Å²) in [6, 6.07) is 7.42. The molecule has 0 spiro atoms. The highest BCUT2D eigenvalue weighted by atomic mass is 35.5. The summed E-state index contributed by atoms with van der Waals surface area (Å²) < 4.78 is 40.9. The van der Waals surface area contributed by atoms with E-state index >= 15 is 0 Å². The Kier molecular flexibility index (Phi) is 7.62. The SMILES string of the molecule is FC(F)(F)C(/C=C/c1ccc(CNC(=S)C2CC2)c(Cl)c1)c1cc(Cl)c(Cl)c(Cl)c1. The third kappa shape index (κ3) is 6.04. The maximum atomic E-state index is 13.6. The number of nitrogens with one attached hydrogen (secondary N) is 1. The van der Waals surface area contributed by atoms with Gasteiger partial charge in [-0.3, -0.25) is 0 Å². The van der Waals surface area contributed by atoms with E-state index in [4.69, 9.17) is 58.6 Å². The van der Waals surface area contributed by atoms with Crippen LogP contribution >= 0.6 is 58.6 Å². The van der Waals surface area contributed by atoms with E-state index in [9.17, 15) is 13.2 Å². The third-order valence-electron chi connectivity index (χ3n) is 4.68. The molecule has 1 N–H and O–H groups in total. The van der Waals surface area contributed by atoms with Crippen molar-refractivity contribution in [3.05, 3.63) is 73.2 Å². The van der Waals surface area contributed by atoms with Crippen molar-refractivity contribution >= 4 is 69.7 Å². The summed E-state index contributed by atoms with van der Waals surface area (Å²) in [4.78, 5) is 0.823. The molecule has 0 aliphatic heterocycles. The molecule has 2 aromatic rings. The number of hydrogen-bond acceptors (Lipinski definition) is 1. The molecule has 160 valence electrons. The molecule has 0 saturated heterocycles. The van der Waals surface area contributed by atoms with E-state index in [2.05, 4.69) is 5.32 Å². The van der Waals surface area contributed by atoms with Crippen molar-refractivity contribution in [2.75, 3.05) is 0 Å². The summed E-state index contributed by atoms with van der Waals surface area (Å²) >= 11 is 29.2. The molecular formula is C21H16Cl4F3NS. The van der Waals surface area contributed by atoms with E-state index < -0.39 is 12.1 Å². The lowest BCUT2D eigenvalue weighted by Gasteiger charge is -2.18. The Labute approximate surface area is 198 Å². The van der Waals surface area contributed by atoms with E-state index in [1.807, 2.05) is 0 Å². The molecule has 1 aliphatic rings. The summed E-state index contributed by atoms with van der Waals surface area (Å²) in [5.74, 6) is -1.45. The normalized spacial score (nSPS) is 15.4. The average molecular weight is 513 g/mol. The van der Waals surface area contributed by atoms with Crippen LogP contribution in [0.15, 0.2) is 36.4 Å². The van der Waals surface area contributed by atoms with Crippen molar-refractivity contribution in [2.45, 2.75) is 31.5 Å². The van der Waals surface area contributed by atoms with Gasteiger partial charge in [0.25, 0.3) is 0 Å². The van der Waals surface area contributed by atoms with Crippen LogP contribution in [-0.4, -0.2) is 11.2 Å². The first-order chi connectivity index (χ1) is 14.1. The largest absolute Gasteiger partial charge is 0.399 e. The van der Waals surface area contributed by atoms with Gasteiger partial charge in [0, 0.05) is 17.5 Å². The first-order valence-corrected chi connectivity index (χ1v) is 10.9. The molecule has 1 aliphatic carbocycles. The van der Waals surface area contributed by atoms with Crippen molar-refractivity contribution in [2.24, 2.45) is 5.92 Å². The minimum absolute atomic E-state index is 0.0177. The number of rotatable bonds is 6. The standard InChI is InChI=1S/C21H16Cl4F3NS/c22-16-7-11(1-3-13(16)10-29-20(30)12-4-5-12)2-6-15(21(26,27)28)14-8-17(23)19(25)18(24)9-14/h1-3,6-9,12,15H,4-5,10H2,(H,29,30)/b6-2+. The minimum Gasteiger partial charge on any atom is -0.375 e. The zero-order chi connectivity index (χ0) is 22.1. The fourth-order valence-corrected chi connectivity index (χ4v) is 4.03. The van der Waals surface area contributed by atoms with Gasteiger partial charge in [-0.05, 0) is 47.7 Å². The predicted molar refractivity (Wildman–Crippen MR) is 123 cm³/mol. The van der Waals surface area contributed by atoms with Crippen LogP contribution in [0.3, 0.4) is 0 Å². The van der Waals surface area contributed by atoms with Crippen LogP contribution in [0.5, 0.6) is 0 Å². The predicted octanol–water partition coefficient (Wildman–Crippen LogP) is 8.49. The maximum Gasteiger partial charge on any atom is 0.399 e. The first kappa shape index (κ1) is 23.7. The molecule has 30 heavy (non-hydrogen) atoms. The summed E-state index contributed by atoms with van der Waals surface area (Å²) in [6.45, 7) is 0.477. The van der Waals surface area contributed by atoms with E-state index in [1.165, 1.54) is 18.2 Å². The van der Waals surface area contributed by atoms with Crippen LogP contribution in [0.2, 0.25) is 20.1 Å². The fourth-order valence-electron chi connectivity index (χ4n) is 2.85. The highest BCUT2D eigenvalue weighted by Gasteiger charge is 2.39.